The Hall–Kier alpha value is -1.98. The highest BCUT2D eigenvalue weighted by atomic mass is 35.5. The third-order valence-corrected chi connectivity index (χ3v) is 3.84. The molecule has 3 aromatic rings. The summed E-state index contributed by atoms with van der Waals surface area (Å²) in [5.41, 5.74) is 3.09. The zero-order chi connectivity index (χ0) is 13.9. The van der Waals surface area contributed by atoms with Gasteiger partial charge in [-0.25, -0.2) is 9.97 Å². The third kappa shape index (κ3) is 2.50. The van der Waals surface area contributed by atoms with Crippen molar-refractivity contribution in [2.75, 3.05) is 0 Å². The topological polar surface area (TPSA) is 54.9 Å². The molecule has 0 aliphatic rings. The summed E-state index contributed by atoms with van der Waals surface area (Å²) >= 11 is 7.54. The van der Waals surface area contributed by atoms with Crippen molar-refractivity contribution >= 4 is 39.6 Å². The van der Waals surface area contributed by atoms with Gasteiger partial charge in [0.15, 0.2) is 0 Å². The molecule has 0 unspecified atom stereocenters. The highest BCUT2D eigenvalue weighted by molar-refractivity contribution is 7.07. The summed E-state index contributed by atoms with van der Waals surface area (Å²) in [5, 5.41) is 6.70. The predicted molar refractivity (Wildman–Crippen MR) is 80.0 cm³/mol. The van der Waals surface area contributed by atoms with Gasteiger partial charge in [0.2, 0.25) is 0 Å². The van der Waals surface area contributed by atoms with Gasteiger partial charge in [-0.1, -0.05) is 35.9 Å². The maximum Gasteiger partial charge on any atom is 0.253 e. The molecule has 4 nitrogen and oxygen atoms in total. The van der Waals surface area contributed by atoms with Crippen LogP contribution in [0.3, 0.4) is 0 Å². The number of pyridine rings is 1. The van der Waals surface area contributed by atoms with E-state index >= 15 is 0 Å². The molecule has 2 heterocycles. The zero-order valence-corrected chi connectivity index (χ0v) is 11.9. The van der Waals surface area contributed by atoms with Crippen LogP contribution in [0.1, 0.15) is 16.1 Å². The number of rotatable bonds is 3. The Morgan fingerprint density at radius 2 is 2.05 bits per heavy atom. The second-order valence-corrected chi connectivity index (χ2v) is 5.25. The Bertz CT molecular complexity index is 758. The predicted octanol–water partition coefficient (Wildman–Crippen LogP) is 3.27. The molecule has 0 atom stereocenters. The molecular formula is C14H10ClN3OS. The third-order valence-electron chi connectivity index (χ3n) is 2.90. The second kappa shape index (κ2) is 5.56. The Morgan fingerprint density at radius 3 is 2.80 bits per heavy atom. The van der Waals surface area contributed by atoms with Crippen molar-refractivity contribution in [3.63, 3.8) is 0 Å². The van der Waals surface area contributed by atoms with Gasteiger partial charge in [0, 0.05) is 17.0 Å². The van der Waals surface area contributed by atoms with Gasteiger partial charge in [-0.05, 0) is 5.39 Å². The fourth-order valence-corrected chi connectivity index (χ4v) is 2.70. The first kappa shape index (κ1) is 13.0. The molecule has 0 radical (unpaired) electrons. The van der Waals surface area contributed by atoms with Crippen molar-refractivity contribution in [3.8, 4) is 0 Å². The fourth-order valence-electron chi connectivity index (χ4n) is 1.93. The van der Waals surface area contributed by atoms with Crippen molar-refractivity contribution in [3.05, 3.63) is 57.8 Å². The molecule has 1 aromatic carbocycles. The van der Waals surface area contributed by atoms with Crippen molar-refractivity contribution < 1.29 is 4.79 Å². The SMILES string of the molecule is O=C(NCc1cscn1)c1cnc(Cl)c2ccccc12. The van der Waals surface area contributed by atoms with Crippen molar-refractivity contribution in [2.45, 2.75) is 6.54 Å². The summed E-state index contributed by atoms with van der Waals surface area (Å²) < 4.78 is 0. The molecule has 1 amide bonds. The molecule has 0 bridgehead atoms. The van der Waals surface area contributed by atoms with Crippen LogP contribution in [0.25, 0.3) is 10.8 Å². The van der Waals surface area contributed by atoms with Crippen molar-refractivity contribution in [2.24, 2.45) is 0 Å². The average Bonchev–Trinajstić information content (AvgIpc) is 2.99. The number of thiazole rings is 1. The lowest BCUT2D eigenvalue weighted by Crippen LogP contribution is -2.23. The summed E-state index contributed by atoms with van der Waals surface area (Å²) in [6.07, 6.45) is 1.50. The summed E-state index contributed by atoms with van der Waals surface area (Å²) in [5.74, 6) is -0.182. The van der Waals surface area contributed by atoms with Crippen LogP contribution in [-0.4, -0.2) is 15.9 Å². The number of halogens is 1. The molecule has 0 aliphatic heterocycles. The van der Waals surface area contributed by atoms with Gasteiger partial charge in [-0.2, -0.15) is 0 Å². The number of carbonyl (C=O) groups excluding carboxylic acids is 1. The van der Waals surface area contributed by atoms with Gasteiger partial charge < -0.3 is 5.32 Å². The van der Waals surface area contributed by atoms with E-state index in [1.807, 2.05) is 29.6 Å². The molecule has 3 rings (SSSR count). The Morgan fingerprint density at radius 1 is 1.25 bits per heavy atom. The minimum atomic E-state index is -0.182. The minimum absolute atomic E-state index is 0.182. The van der Waals surface area contributed by atoms with E-state index in [1.165, 1.54) is 17.5 Å². The lowest BCUT2D eigenvalue weighted by Gasteiger charge is -2.07. The number of hydrogen-bond acceptors (Lipinski definition) is 4. The smallest absolute Gasteiger partial charge is 0.253 e. The molecule has 20 heavy (non-hydrogen) atoms. The van der Waals surface area contributed by atoms with E-state index in [0.717, 1.165) is 16.5 Å². The van der Waals surface area contributed by atoms with Crippen molar-refractivity contribution in [1.82, 2.24) is 15.3 Å². The summed E-state index contributed by atoms with van der Waals surface area (Å²) in [6.45, 7) is 0.402. The normalized spacial score (nSPS) is 10.7. The number of nitrogens with one attached hydrogen (secondary N) is 1. The molecule has 2 aromatic heterocycles. The molecule has 0 saturated carbocycles. The van der Waals surface area contributed by atoms with Gasteiger partial charge in [0.1, 0.15) is 5.15 Å². The summed E-state index contributed by atoms with van der Waals surface area (Å²) in [6, 6.07) is 7.45. The number of amides is 1. The van der Waals surface area contributed by atoms with Crippen LogP contribution in [0.5, 0.6) is 0 Å². The van der Waals surface area contributed by atoms with Gasteiger partial charge >= 0.3 is 0 Å². The van der Waals surface area contributed by atoms with E-state index in [0.29, 0.717) is 17.3 Å². The Kier molecular flexibility index (Phi) is 3.62. The molecule has 100 valence electrons. The quantitative estimate of drug-likeness (QED) is 0.756. The zero-order valence-electron chi connectivity index (χ0n) is 10.3. The first-order valence-corrected chi connectivity index (χ1v) is 7.26. The highest BCUT2D eigenvalue weighted by Crippen LogP contribution is 2.24. The van der Waals surface area contributed by atoms with Gasteiger partial charge in [0.05, 0.1) is 23.3 Å². The standard InChI is InChI=1S/C14H10ClN3OS/c15-13-11-4-2-1-3-10(11)12(6-16-13)14(19)17-5-9-7-20-8-18-9/h1-4,6-8H,5H2,(H,17,19). The molecule has 1 N–H and O–H groups in total. The summed E-state index contributed by atoms with van der Waals surface area (Å²) in [4.78, 5) is 20.4. The molecule has 0 spiro atoms. The van der Waals surface area contributed by atoms with Crippen LogP contribution in [0, 0.1) is 0 Å². The van der Waals surface area contributed by atoms with Crippen molar-refractivity contribution in [1.29, 1.82) is 0 Å². The van der Waals surface area contributed by atoms with E-state index in [-0.39, 0.29) is 5.91 Å². The second-order valence-electron chi connectivity index (χ2n) is 4.17. The largest absolute Gasteiger partial charge is 0.346 e. The number of benzene rings is 1. The molecular weight excluding hydrogens is 294 g/mol. The van der Waals surface area contributed by atoms with Gasteiger partial charge in [-0.3, -0.25) is 4.79 Å². The number of hydrogen-bond donors (Lipinski definition) is 1. The first-order valence-electron chi connectivity index (χ1n) is 5.94. The van der Waals surface area contributed by atoms with Crippen LogP contribution >= 0.6 is 22.9 Å². The summed E-state index contributed by atoms with van der Waals surface area (Å²) in [7, 11) is 0. The van der Waals surface area contributed by atoms with Gasteiger partial charge in [-0.15, -0.1) is 11.3 Å². The molecule has 6 heteroatoms. The van der Waals surface area contributed by atoms with E-state index in [9.17, 15) is 4.79 Å². The Labute approximate surface area is 124 Å². The molecule has 0 fully saturated rings. The lowest BCUT2D eigenvalue weighted by molar-refractivity contribution is 0.0952. The number of nitrogens with zero attached hydrogens (tertiary/aromatic N) is 2. The average molecular weight is 304 g/mol. The maximum absolute atomic E-state index is 12.2. The lowest BCUT2D eigenvalue weighted by atomic mass is 10.1. The maximum atomic E-state index is 12.2. The number of aromatic nitrogens is 2. The van der Waals surface area contributed by atoms with Crippen LogP contribution in [-0.2, 0) is 6.54 Å². The Balaban J connectivity index is 1.90. The van der Waals surface area contributed by atoms with Crippen LogP contribution in [0.15, 0.2) is 41.4 Å². The van der Waals surface area contributed by atoms with Gasteiger partial charge in [0.25, 0.3) is 5.91 Å². The monoisotopic (exact) mass is 303 g/mol. The number of carbonyl (C=O) groups is 1. The van der Waals surface area contributed by atoms with Crippen LogP contribution < -0.4 is 5.32 Å². The van der Waals surface area contributed by atoms with E-state index < -0.39 is 0 Å². The van der Waals surface area contributed by atoms with E-state index in [4.69, 9.17) is 11.6 Å². The number of fused-ring (bicyclic) bond motifs is 1. The fraction of sp³-hybridized carbons (Fsp3) is 0.0714. The van der Waals surface area contributed by atoms with Crippen LogP contribution in [0.2, 0.25) is 5.15 Å². The van der Waals surface area contributed by atoms with E-state index in [2.05, 4.69) is 15.3 Å². The molecule has 0 aliphatic carbocycles. The molecule has 0 saturated heterocycles. The first-order chi connectivity index (χ1) is 9.75. The van der Waals surface area contributed by atoms with E-state index in [1.54, 1.807) is 5.51 Å². The highest BCUT2D eigenvalue weighted by Gasteiger charge is 2.12. The van der Waals surface area contributed by atoms with Crippen LogP contribution in [0.4, 0.5) is 0 Å². The minimum Gasteiger partial charge on any atom is -0.346 e.